The number of benzene rings is 3. The average molecular weight is 408 g/mol. The number of hydrogen-bond donors (Lipinski definition) is 0. The summed E-state index contributed by atoms with van der Waals surface area (Å²) in [6, 6.07) is 17.3. The molecule has 154 valence electrons. The van der Waals surface area contributed by atoms with Gasteiger partial charge in [-0.3, -0.25) is 4.90 Å². The Bertz CT molecular complexity index is 1280. The van der Waals surface area contributed by atoms with Gasteiger partial charge in [-0.25, -0.2) is 0 Å². The Balaban J connectivity index is 1.51. The maximum absolute atomic E-state index is 6.56. The number of ether oxygens (including phenoxy) is 2. The first-order chi connectivity index (χ1) is 15.1. The van der Waals surface area contributed by atoms with Crippen LogP contribution in [0.25, 0.3) is 6.08 Å². The van der Waals surface area contributed by atoms with E-state index in [0.29, 0.717) is 5.92 Å². The summed E-state index contributed by atoms with van der Waals surface area (Å²) >= 11 is 0. The highest BCUT2D eigenvalue weighted by Gasteiger charge is 2.42. The van der Waals surface area contributed by atoms with Crippen molar-refractivity contribution in [2.75, 3.05) is 11.5 Å². The van der Waals surface area contributed by atoms with Crippen LogP contribution in [0.5, 0.6) is 11.5 Å². The van der Waals surface area contributed by atoms with Gasteiger partial charge >= 0.3 is 0 Å². The van der Waals surface area contributed by atoms with Gasteiger partial charge in [0.1, 0.15) is 11.5 Å². The fourth-order valence-corrected chi connectivity index (χ4v) is 4.87. The molecule has 31 heavy (non-hydrogen) atoms. The minimum Gasteiger partial charge on any atom is -0.491 e. The summed E-state index contributed by atoms with van der Waals surface area (Å²) in [5, 5.41) is 0. The maximum atomic E-state index is 6.56. The smallest absolute Gasteiger partial charge is 0.205 e. The molecule has 0 saturated heterocycles. The molecule has 2 heterocycles. The third-order valence-corrected chi connectivity index (χ3v) is 6.45. The zero-order valence-corrected chi connectivity index (χ0v) is 18.1. The topological polar surface area (TPSA) is 21.7 Å². The Kier molecular flexibility index (Phi) is 4.01. The molecule has 0 bridgehead atoms. The Labute approximate surface area is 183 Å². The van der Waals surface area contributed by atoms with Crippen molar-refractivity contribution in [1.29, 1.82) is 0 Å². The third-order valence-electron chi connectivity index (χ3n) is 6.45. The predicted octanol–water partition coefficient (Wildman–Crippen LogP) is 6.92. The van der Waals surface area contributed by atoms with E-state index in [1.54, 1.807) is 0 Å². The SMILES string of the molecule is Cc1ccc(OC2=CC=Cc3cc(C)ccc3N2c2ccc3c4c2OCCC34)c(C)c1. The van der Waals surface area contributed by atoms with Gasteiger partial charge in [-0.05, 0) is 74.2 Å². The molecule has 3 aromatic rings. The highest BCUT2D eigenvalue weighted by Crippen LogP contribution is 2.58. The number of allylic oxidation sites excluding steroid dienone is 2. The van der Waals surface area contributed by atoms with Crippen LogP contribution in [0.1, 0.15) is 45.7 Å². The molecular formula is C28H25NO2. The summed E-state index contributed by atoms with van der Waals surface area (Å²) < 4.78 is 12.8. The fourth-order valence-electron chi connectivity index (χ4n) is 4.87. The molecular weight excluding hydrogens is 382 g/mol. The van der Waals surface area contributed by atoms with Crippen molar-refractivity contribution < 1.29 is 9.47 Å². The van der Waals surface area contributed by atoms with Gasteiger partial charge in [-0.1, -0.05) is 47.5 Å². The lowest BCUT2D eigenvalue weighted by molar-refractivity contribution is 0.294. The molecule has 0 saturated carbocycles. The second-order valence-electron chi connectivity index (χ2n) is 8.74. The van der Waals surface area contributed by atoms with E-state index in [-0.39, 0.29) is 0 Å². The second kappa shape index (κ2) is 6.78. The molecule has 6 rings (SSSR count). The van der Waals surface area contributed by atoms with Crippen molar-refractivity contribution in [3.63, 3.8) is 0 Å². The lowest BCUT2D eigenvalue weighted by Crippen LogP contribution is -2.22. The average Bonchev–Trinajstić information content (AvgIpc) is 3.50. The summed E-state index contributed by atoms with van der Waals surface area (Å²) in [5.74, 6) is 3.23. The van der Waals surface area contributed by atoms with Crippen LogP contribution < -0.4 is 14.4 Å². The lowest BCUT2D eigenvalue weighted by Gasteiger charge is -2.30. The Hall–Kier alpha value is -3.46. The van der Waals surface area contributed by atoms with Crippen molar-refractivity contribution in [3.05, 3.63) is 99.9 Å². The van der Waals surface area contributed by atoms with Crippen LogP contribution in [0.3, 0.4) is 0 Å². The number of fused-ring (bicyclic) bond motifs is 2. The molecule has 0 amide bonds. The van der Waals surface area contributed by atoms with E-state index in [0.717, 1.165) is 47.3 Å². The molecule has 0 spiro atoms. The van der Waals surface area contributed by atoms with Gasteiger partial charge in [0, 0.05) is 11.5 Å². The van der Waals surface area contributed by atoms with E-state index in [1.165, 1.54) is 27.8 Å². The fraction of sp³-hybridized carbons (Fsp3) is 0.214. The number of aryl methyl sites for hydroxylation is 3. The van der Waals surface area contributed by atoms with E-state index in [1.807, 2.05) is 6.08 Å². The summed E-state index contributed by atoms with van der Waals surface area (Å²) in [7, 11) is 0. The molecule has 0 radical (unpaired) electrons. The first-order valence-corrected chi connectivity index (χ1v) is 10.9. The van der Waals surface area contributed by atoms with Crippen molar-refractivity contribution in [2.45, 2.75) is 33.1 Å². The van der Waals surface area contributed by atoms with Crippen LogP contribution >= 0.6 is 0 Å². The van der Waals surface area contributed by atoms with Gasteiger partial charge in [0.2, 0.25) is 5.88 Å². The number of hydrogen-bond acceptors (Lipinski definition) is 3. The van der Waals surface area contributed by atoms with Crippen LogP contribution in [-0.4, -0.2) is 6.61 Å². The van der Waals surface area contributed by atoms with Crippen molar-refractivity contribution in [3.8, 4) is 11.5 Å². The Morgan fingerprint density at radius 2 is 1.74 bits per heavy atom. The van der Waals surface area contributed by atoms with Crippen LogP contribution in [0, 0.1) is 20.8 Å². The molecule has 1 unspecified atom stereocenters. The van der Waals surface area contributed by atoms with E-state index in [4.69, 9.17) is 9.47 Å². The lowest BCUT2D eigenvalue weighted by atomic mass is 10.1. The van der Waals surface area contributed by atoms with E-state index < -0.39 is 0 Å². The minimum atomic E-state index is 0.577. The highest BCUT2D eigenvalue weighted by atomic mass is 16.5. The summed E-state index contributed by atoms with van der Waals surface area (Å²) in [6.45, 7) is 7.09. The van der Waals surface area contributed by atoms with Crippen molar-refractivity contribution in [2.24, 2.45) is 0 Å². The van der Waals surface area contributed by atoms with E-state index in [9.17, 15) is 0 Å². The molecule has 2 aliphatic heterocycles. The molecule has 3 heteroatoms. The first-order valence-electron chi connectivity index (χ1n) is 10.9. The normalized spacial score (nSPS) is 17.8. The Morgan fingerprint density at radius 3 is 2.61 bits per heavy atom. The zero-order chi connectivity index (χ0) is 21.1. The molecule has 0 N–H and O–H groups in total. The van der Waals surface area contributed by atoms with Crippen LogP contribution in [0.2, 0.25) is 0 Å². The van der Waals surface area contributed by atoms with Gasteiger partial charge in [-0.15, -0.1) is 0 Å². The Morgan fingerprint density at radius 1 is 0.935 bits per heavy atom. The predicted molar refractivity (Wildman–Crippen MR) is 125 cm³/mol. The molecule has 0 aromatic heterocycles. The molecule has 1 atom stereocenters. The zero-order valence-electron chi connectivity index (χ0n) is 18.1. The first kappa shape index (κ1) is 18.3. The standard InChI is InChI=1S/C28H25NO2/c1-17-8-12-25(19(3)15-17)31-26-6-4-5-20-16-18(2)7-10-23(20)29(26)24-11-9-21-22-13-14-30-28(24)27(21)22/h4-12,15-16,22H,13-14H2,1-3H3. The van der Waals surface area contributed by atoms with Crippen molar-refractivity contribution in [1.82, 2.24) is 0 Å². The summed E-state index contributed by atoms with van der Waals surface area (Å²) in [5.41, 5.74) is 9.71. The minimum absolute atomic E-state index is 0.577. The molecule has 0 fully saturated rings. The summed E-state index contributed by atoms with van der Waals surface area (Å²) in [6.07, 6.45) is 7.36. The monoisotopic (exact) mass is 407 g/mol. The molecule has 3 aliphatic rings. The van der Waals surface area contributed by atoms with E-state index >= 15 is 0 Å². The van der Waals surface area contributed by atoms with Gasteiger partial charge in [0.25, 0.3) is 0 Å². The van der Waals surface area contributed by atoms with Gasteiger partial charge in [-0.2, -0.15) is 0 Å². The summed E-state index contributed by atoms with van der Waals surface area (Å²) in [4.78, 5) is 2.21. The van der Waals surface area contributed by atoms with Crippen LogP contribution in [0.4, 0.5) is 11.4 Å². The number of anilines is 2. The number of rotatable bonds is 3. The third kappa shape index (κ3) is 2.96. The second-order valence-corrected chi connectivity index (χ2v) is 8.74. The maximum Gasteiger partial charge on any atom is 0.205 e. The van der Waals surface area contributed by atoms with Crippen molar-refractivity contribution >= 4 is 17.5 Å². The molecule has 3 aromatic carbocycles. The van der Waals surface area contributed by atoms with Crippen LogP contribution in [-0.2, 0) is 0 Å². The van der Waals surface area contributed by atoms with Gasteiger partial charge < -0.3 is 9.47 Å². The quantitative estimate of drug-likeness (QED) is 0.470. The highest BCUT2D eigenvalue weighted by molar-refractivity contribution is 5.85. The largest absolute Gasteiger partial charge is 0.491 e. The number of nitrogens with zero attached hydrogens (tertiary/aromatic N) is 1. The van der Waals surface area contributed by atoms with Gasteiger partial charge in [0.05, 0.1) is 18.0 Å². The van der Waals surface area contributed by atoms with E-state index in [2.05, 4.69) is 86.4 Å². The van der Waals surface area contributed by atoms with Crippen LogP contribution in [0.15, 0.2) is 66.6 Å². The molecule has 1 aliphatic carbocycles. The molecule has 3 nitrogen and oxygen atoms in total. The van der Waals surface area contributed by atoms with Gasteiger partial charge in [0.15, 0.2) is 0 Å².